The molecule has 2 atom stereocenters. The minimum atomic E-state index is -0.517. The van der Waals surface area contributed by atoms with Crippen molar-refractivity contribution in [3.05, 3.63) is 98.2 Å². The number of fused-ring (bicyclic) bond motifs is 3. The number of rotatable bonds is 2. The van der Waals surface area contributed by atoms with Crippen molar-refractivity contribution in [2.75, 3.05) is 0 Å². The van der Waals surface area contributed by atoms with Gasteiger partial charge in [-0.15, -0.1) is 0 Å². The van der Waals surface area contributed by atoms with Crippen LogP contribution in [-0.4, -0.2) is 10.7 Å². The van der Waals surface area contributed by atoms with E-state index in [1.165, 1.54) is 12.1 Å². The van der Waals surface area contributed by atoms with E-state index in [4.69, 9.17) is 44.6 Å². The van der Waals surface area contributed by atoms with Gasteiger partial charge in [0.25, 0.3) is 0 Å². The first-order valence-corrected chi connectivity index (χ1v) is 10.2. The molecule has 3 aromatic rings. The summed E-state index contributed by atoms with van der Waals surface area (Å²) in [6, 6.07) is 17.1. The van der Waals surface area contributed by atoms with Crippen molar-refractivity contribution in [1.29, 1.82) is 0 Å². The van der Waals surface area contributed by atoms with Crippen molar-refractivity contribution in [1.82, 2.24) is 5.01 Å². The average molecular weight is 448 g/mol. The van der Waals surface area contributed by atoms with Crippen LogP contribution in [0.15, 0.2) is 65.8 Å². The zero-order valence-electron chi connectivity index (χ0n) is 14.9. The Kier molecular flexibility index (Phi) is 4.66. The molecule has 0 bridgehead atoms. The zero-order valence-corrected chi connectivity index (χ0v) is 17.2. The quantitative estimate of drug-likeness (QED) is 0.421. The van der Waals surface area contributed by atoms with Gasteiger partial charge in [0.05, 0.1) is 16.8 Å². The van der Waals surface area contributed by atoms with Crippen molar-refractivity contribution >= 4 is 40.5 Å². The molecule has 0 aromatic heterocycles. The van der Waals surface area contributed by atoms with E-state index in [0.717, 1.165) is 28.2 Å². The molecule has 2 aliphatic rings. The molecule has 3 nitrogen and oxygen atoms in total. The molecular formula is C22H14Cl3FN2O. The molecule has 0 spiro atoms. The maximum Gasteiger partial charge on any atom is 0.215 e. The van der Waals surface area contributed by atoms with Gasteiger partial charge >= 0.3 is 0 Å². The molecular weight excluding hydrogens is 434 g/mol. The summed E-state index contributed by atoms with van der Waals surface area (Å²) in [5.74, 6) is 0.457. The van der Waals surface area contributed by atoms with Crippen LogP contribution in [-0.2, 0) is 0 Å². The lowest BCUT2D eigenvalue weighted by Crippen LogP contribution is -2.33. The predicted molar refractivity (Wildman–Crippen MR) is 113 cm³/mol. The Balaban J connectivity index is 1.62. The Morgan fingerprint density at radius 3 is 2.38 bits per heavy atom. The van der Waals surface area contributed by atoms with Crippen LogP contribution in [0.1, 0.15) is 35.4 Å². The van der Waals surface area contributed by atoms with Gasteiger partial charge in [-0.05, 0) is 48.0 Å². The summed E-state index contributed by atoms with van der Waals surface area (Å²) in [6.45, 7) is 0. The first-order valence-electron chi connectivity index (χ1n) is 9.02. The topological polar surface area (TPSA) is 24.8 Å². The van der Waals surface area contributed by atoms with E-state index < -0.39 is 6.23 Å². The molecule has 2 heterocycles. The van der Waals surface area contributed by atoms with Crippen molar-refractivity contribution in [3.63, 3.8) is 0 Å². The van der Waals surface area contributed by atoms with E-state index >= 15 is 0 Å². The van der Waals surface area contributed by atoms with Gasteiger partial charge in [0.2, 0.25) is 6.23 Å². The fourth-order valence-corrected chi connectivity index (χ4v) is 4.46. The Hall–Kier alpha value is -2.27. The maximum absolute atomic E-state index is 13.4. The van der Waals surface area contributed by atoms with Crippen LogP contribution in [0.2, 0.25) is 15.1 Å². The Labute approximate surface area is 182 Å². The van der Waals surface area contributed by atoms with Gasteiger partial charge < -0.3 is 4.74 Å². The number of halogens is 4. The molecule has 2 unspecified atom stereocenters. The molecule has 0 aliphatic carbocycles. The Morgan fingerprint density at radius 1 is 0.897 bits per heavy atom. The van der Waals surface area contributed by atoms with Gasteiger partial charge in [0.15, 0.2) is 0 Å². The van der Waals surface area contributed by atoms with E-state index in [-0.39, 0.29) is 11.9 Å². The fraction of sp³-hybridized carbons (Fsp3) is 0.136. The maximum atomic E-state index is 13.4. The summed E-state index contributed by atoms with van der Waals surface area (Å²) in [7, 11) is 0. The normalized spacial score (nSPS) is 20.0. The zero-order chi connectivity index (χ0) is 20.1. The number of ether oxygens (including phenoxy) is 1. The third kappa shape index (κ3) is 3.35. The summed E-state index contributed by atoms with van der Waals surface area (Å²) in [5, 5.41) is 8.41. The second-order valence-corrected chi connectivity index (χ2v) is 8.25. The number of hydrazone groups is 1. The summed E-state index contributed by atoms with van der Waals surface area (Å²) in [6.07, 6.45) is 0.126. The van der Waals surface area contributed by atoms with Gasteiger partial charge in [0, 0.05) is 27.6 Å². The van der Waals surface area contributed by atoms with Gasteiger partial charge in [-0.2, -0.15) is 5.10 Å². The van der Waals surface area contributed by atoms with Crippen LogP contribution >= 0.6 is 34.8 Å². The third-order valence-electron chi connectivity index (χ3n) is 5.16. The van der Waals surface area contributed by atoms with E-state index in [1.54, 1.807) is 30.3 Å². The van der Waals surface area contributed by atoms with E-state index in [0.29, 0.717) is 21.5 Å². The highest BCUT2D eigenvalue weighted by Crippen LogP contribution is 2.49. The lowest BCUT2D eigenvalue weighted by atomic mass is 9.96. The van der Waals surface area contributed by atoms with Gasteiger partial charge in [-0.25, -0.2) is 9.40 Å². The van der Waals surface area contributed by atoms with Crippen LogP contribution in [0.25, 0.3) is 0 Å². The highest BCUT2D eigenvalue weighted by atomic mass is 35.5. The molecule has 7 heteroatoms. The van der Waals surface area contributed by atoms with Crippen LogP contribution in [0, 0.1) is 5.82 Å². The largest absolute Gasteiger partial charge is 0.464 e. The van der Waals surface area contributed by atoms with Gasteiger partial charge in [-0.3, -0.25) is 0 Å². The van der Waals surface area contributed by atoms with Crippen molar-refractivity contribution in [2.45, 2.75) is 18.7 Å². The number of hydrogen-bond donors (Lipinski definition) is 0. The highest BCUT2D eigenvalue weighted by Gasteiger charge is 2.41. The van der Waals surface area contributed by atoms with Crippen molar-refractivity contribution in [2.24, 2.45) is 5.10 Å². The van der Waals surface area contributed by atoms with Crippen molar-refractivity contribution in [3.8, 4) is 5.75 Å². The molecule has 29 heavy (non-hydrogen) atoms. The second kappa shape index (κ2) is 7.21. The standard InChI is InChI=1S/C22H14Cl3FN2O/c23-13-4-8-21-17(9-13)20-11-19(12-1-5-15(26)6-2-12)27-28(20)22(29-21)16-7-3-14(24)10-18(16)25/h1-10,20,22H,11H2. The van der Waals surface area contributed by atoms with E-state index in [9.17, 15) is 4.39 Å². The average Bonchev–Trinajstić information content (AvgIpc) is 3.14. The molecule has 0 amide bonds. The lowest BCUT2D eigenvalue weighted by molar-refractivity contribution is -0.0189. The number of hydrogen-bond acceptors (Lipinski definition) is 3. The first kappa shape index (κ1) is 18.7. The van der Waals surface area contributed by atoms with E-state index in [1.807, 2.05) is 23.2 Å². The third-order valence-corrected chi connectivity index (χ3v) is 5.96. The molecule has 2 aliphatic heterocycles. The summed E-state index contributed by atoms with van der Waals surface area (Å²) in [5.41, 5.74) is 3.44. The van der Waals surface area contributed by atoms with Crippen LogP contribution in [0.4, 0.5) is 4.39 Å². The highest BCUT2D eigenvalue weighted by molar-refractivity contribution is 6.35. The monoisotopic (exact) mass is 446 g/mol. The fourth-order valence-electron chi connectivity index (χ4n) is 3.78. The van der Waals surface area contributed by atoms with E-state index in [2.05, 4.69) is 0 Å². The molecule has 3 aromatic carbocycles. The van der Waals surface area contributed by atoms with Crippen LogP contribution < -0.4 is 4.74 Å². The minimum Gasteiger partial charge on any atom is -0.464 e. The second-order valence-electron chi connectivity index (χ2n) is 6.97. The lowest BCUT2D eigenvalue weighted by Gasteiger charge is -2.38. The smallest absolute Gasteiger partial charge is 0.215 e. The summed E-state index contributed by atoms with van der Waals surface area (Å²) in [4.78, 5) is 0. The molecule has 0 fully saturated rings. The van der Waals surface area contributed by atoms with Crippen molar-refractivity contribution < 1.29 is 9.13 Å². The van der Waals surface area contributed by atoms with Crippen LogP contribution in [0.5, 0.6) is 5.75 Å². The molecule has 0 radical (unpaired) electrons. The number of nitrogens with zero attached hydrogens (tertiary/aromatic N) is 2. The summed E-state index contributed by atoms with van der Waals surface area (Å²) >= 11 is 18.8. The van der Waals surface area contributed by atoms with Crippen LogP contribution in [0.3, 0.4) is 0 Å². The molecule has 0 N–H and O–H groups in total. The SMILES string of the molecule is Fc1ccc(C2=NN3C(C2)c2cc(Cl)ccc2OC3c2ccc(Cl)cc2Cl)cc1. The Morgan fingerprint density at radius 2 is 1.62 bits per heavy atom. The molecule has 5 rings (SSSR count). The first-order chi connectivity index (χ1) is 14.0. The molecule has 0 saturated carbocycles. The Bertz CT molecular complexity index is 1130. The van der Waals surface area contributed by atoms with Gasteiger partial charge in [-0.1, -0.05) is 53.0 Å². The predicted octanol–water partition coefficient (Wildman–Crippen LogP) is 7.03. The minimum absolute atomic E-state index is 0.0748. The molecule has 0 saturated heterocycles. The summed E-state index contributed by atoms with van der Waals surface area (Å²) < 4.78 is 19.6. The molecule has 146 valence electrons. The number of benzene rings is 3. The van der Waals surface area contributed by atoms with Gasteiger partial charge in [0.1, 0.15) is 11.6 Å².